The predicted octanol–water partition coefficient (Wildman–Crippen LogP) is 3.88. The van der Waals surface area contributed by atoms with Crippen molar-refractivity contribution in [3.8, 4) is 0 Å². The Bertz CT molecular complexity index is 1270. The highest BCUT2D eigenvalue weighted by Gasteiger charge is 2.35. The molecular formula is C30H34N4O6. The van der Waals surface area contributed by atoms with Gasteiger partial charge in [-0.2, -0.15) is 5.10 Å². The molecule has 2 atom stereocenters. The topological polar surface area (TPSA) is 137 Å². The Morgan fingerprint density at radius 2 is 1.68 bits per heavy atom. The summed E-state index contributed by atoms with van der Waals surface area (Å²) >= 11 is 0. The fourth-order valence-electron chi connectivity index (χ4n) is 4.98. The quantitative estimate of drug-likeness (QED) is 0.165. The number of nitrogens with zero attached hydrogens (tertiary/aromatic N) is 2. The molecule has 10 heteroatoms. The van der Waals surface area contributed by atoms with Crippen LogP contribution in [0.1, 0.15) is 83.2 Å². The van der Waals surface area contributed by atoms with Gasteiger partial charge in [0.1, 0.15) is 6.10 Å². The van der Waals surface area contributed by atoms with Gasteiger partial charge in [-0.3, -0.25) is 24.4 Å². The van der Waals surface area contributed by atoms with Gasteiger partial charge in [-0.05, 0) is 61.4 Å². The summed E-state index contributed by atoms with van der Waals surface area (Å²) in [6, 6.07) is 13.2. The Hall–Kier alpha value is -4.31. The van der Waals surface area contributed by atoms with Crippen LogP contribution in [0.3, 0.4) is 0 Å². The molecule has 2 aromatic rings. The minimum absolute atomic E-state index is 0.0482. The zero-order valence-corrected chi connectivity index (χ0v) is 22.3. The third-order valence-electron chi connectivity index (χ3n) is 7.08. The van der Waals surface area contributed by atoms with Crippen LogP contribution < -0.4 is 10.9 Å². The standard InChI is InChI=1S/C30H34N4O6/c35-27-12-3-1-2-4-13-28(36)40-26-11-6-5-10-25(26)34(27)20-22-16-14-21(15-17-22)19-31-32-29(37)23-8-7-9-24(18-23)30(38)33-39/h1-2,7-9,14-19,25-26,39H,3-6,10-13,20H2,(H,32,37)(H,33,38)/b2-1+,31-19+/t25-,26-/m1/s1. The second-order valence-corrected chi connectivity index (χ2v) is 9.91. The highest BCUT2D eigenvalue weighted by Crippen LogP contribution is 2.28. The summed E-state index contributed by atoms with van der Waals surface area (Å²) < 4.78 is 5.83. The van der Waals surface area contributed by atoms with E-state index in [0.717, 1.165) is 36.8 Å². The molecule has 0 aromatic heterocycles. The number of benzene rings is 2. The van der Waals surface area contributed by atoms with Crippen LogP contribution in [0.4, 0.5) is 0 Å². The number of nitrogens with one attached hydrogen (secondary N) is 2. The first-order valence-electron chi connectivity index (χ1n) is 13.6. The van der Waals surface area contributed by atoms with E-state index in [1.54, 1.807) is 0 Å². The monoisotopic (exact) mass is 546 g/mol. The maximum absolute atomic E-state index is 13.3. The third kappa shape index (κ3) is 7.86. The highest BCUT2D eigenvalue weighted by molar-refractivity contribution is 5.99. The van der Waals surface area contributed by atoms with Gasteiger partial charge in [0.05, 0.1) is 12.3 Å². The van der Waals surface area contributed by atoms with E-state index in [0.29, 0.717) is 32.2 Å². The van der Waals surface area contributed by atoms with Crippen molar-refractivity contribution in [2.75, 3.05) is 0 Å². The van der Waals surface area contributed by atoms with E-state index in [-0.39, 0.29) is 35.1 Å². The molecule has 4 rings (SSSR count). The molecule has 2 aromatic carbocycles. The number of carbonyl (C=O) groups is 4. The van der Waals surface area contributed by atoms with Crippen molar-refractivity contribution in [3.63, 3.8) is 0 Å². The maximum atomic E-state index is 13.3. The van der Waals surface area contributed by atoms with Crippen LogP contribution in [-0.4, -0.2) is 52.2 Å². The molecule has 1 aliphatic heterocycles. The third-order valence-corrected chi connectivity index (χ3v) is 7.08. The summed E-state index contributed by atoms with van der Waals surface area (Å²) in [5.74, 6) is -1.39. The zero-order chi connectivity index (χ0) is 28.3. The molecule has 40 heavy (non-hydrogen) atoms. The smallest absolute Gasteiger partial charge is 0.306 e. The fraction of sp³-hybridized carbons (Fsp3) is 0.367. The number of amides is 3. The minimum Gasteiger partial charge on any atom is -0.460 e. The molecule has 0 spiro atoms. The van der Waals surface area contributed by atoms with Crippen molar-refractivity contribution < 1.29 is 29.1 Å². The molecular weight excluding hydrogens is 512 g/mol. The Kier molecular flexibility index (Phi) is 10.2. The largest absolute Gasteiger partial charge is 0.460 e. The first kappa shape index (κ1) is 28.7. The molecule has 1 heterocycles. The van der Waals surface area contributed by atoms with Crippen molar-refractivity contribution in [1.29, 1.82) is 0 Å². The van der Waals surface area contributed by atoms with E-state index in [2.05, 4.69) is 10.5 Å². The lowest BCUT2D eigenvalue weighted by atomic mass is 9.90. The molecule has 0 radical (unpaired) electrons. The van der Waals surface area contributed by atoms with E-state index in [9.17, 15) is 19.2 Å². The highest BCUT2D eigenvalue weighted by atomic mass is 16.5. The summed E-state index contributed by atoms with van der Waals surface area (Å²) in [4.78, 5) is 51.5. The molecule has 3 N–H and O–H groups in total. The van der Waals surface area contributed by atoms with E-state index in [1.165, 1.54) is 36.0 Å². The summed E-state index contributed by atoms with van der Waals surface area (Å²) in [5, 5.41) is 12.8. The maximum Gasteiger partial charge on any atom is 0.306 e. The Balaban J connectivity index is 1.41. The van der Waals surface area contributed by atoms with Crippen molar-refractivity contribution in [2.45, 2.75) is 70.1 Å². The molecule has 1 saturated carbocycles. The molecule has 2 aliphatic rings. The molecule has 3 amide bonds. The van der Waals surface area contributed by atoms with Gasteiger partial charge in [0, 0.05) is 30.5 Å². The number of carbonyl (C=O) groups excluding carboxylic acids is 4. The fourth-order valence-corrected chi connectivity index (χ4v) is 4.98. The van der Waals surface area contributed by atoms with Crippen molar-refractivity contribution >= 4 is 29.9 Å². The van der Waals surface area contributed by atoms with Crippen LogP contribution in [0.2, 0.25) is 0 Å². The predicted molar refractivity (Wildman–Crippen MR) is 147 cm³/mol. The number of hydrogen-bond donors (Lipinski definition) is 3. The van der Waals surface area contributed by atoms with Crippen molar-refractivity contribution in [1.82, 2.24) is 15.8 Å². The van der Waals surface area contributed by atoms with E-state index in [1.807, 2.05) is 41.3 Å². The normalized spacial score (nSPS) is 21.0. The van der Waals surface area contributed by atoms with Crippen LogP contribution in [0.5, 0.6) is 0 Å². The molecule has 1 aliphatic carbocycles. The van der Waals surface area contributed by atoms with Crippen LogP contribution >= 0.6 is 0 Å². The Morgan fingerprint density at radius 3 is 2.42 bits per heavy atom. The Labute approximate surface area is 233 Å². The van der Waals surface area contributed by atoms with E-state index < -0.39 is 11.8 Å². The number of esters is 1. The first-order chi connectivity index (χ1) is 19.4. The van der Waals surface area contributed by atoms with Crippen LogP contribution in [0.25, 0.3) is 0 Å². The van der Waals surface area contributed by atoms with E-state index in [4.69, 9.17) is 9.94 Å². The summed E-state index contributed by atoms with van der Waals surface area (Å²) in [6.07, 6.45) is 10.7. The number of hydroxylamine groups is 1. The molecule has 10 nitrogen and oxygen atoms in total. The molecule has 0 saturated heterocycles. The van der Waals surface area contributed by atoms with Crippen molar-refractivity contribution in [3.05, 3.63) is 82.9 Å². The lowest BCUT2D eigenvalue weighted by Gasteiger charge is -2.39. The van der Waals surface area contributed by atoms with Crippen LogP contribution in [-0.2, 0) is 20.9 Å². The second kappa shape index (κ2) is 14.2. The Morgan fingerprint density at radius 1 is 0.975 bits per heavy atom. The number of rotatable bonds is 6. The number of hydrogen-bond acceptors (Lipinski definition) is 7. The van der Waals surface area contributed by atoms with Gasteiger partial charge in [-0.15, -0.1) is 0 Å². The molecule has 210 valence electrons. The summed E-state index contributed by atoms with van der Waals surface area (Å²) in [6.45, 7) is 0.410. The van der Waals surface area contributed by atoms with Gasteiger partial charge in [0.25, 0.3) is 11.8 Å². The van der Waals surface area contributed by atoms with Gasteiger partial charge >= 0.3 is 5.97 Å². The molecule has 0 unspecified atom stereocenters. The SMILES string of the molecule is O=C1CC/C=C/CCC(=O)N(Cc2ccc(/C=N/NC(=O)c3cccc(C(=O)NO)c3)cc2)[C@@H]2CCCC[C@H]2O1. The summed E-state index contributed by atoms with van der Waals surface area (Å²) in [5.41, 5.74) is 5.99. The summed E-state index contributed by atoms with van der Waals surface area (Å²) in [7, 11) is 0. The molecule has 0 bridgehead atoms. The van der Waals surface area contributed by atoms with Gasteiger partial charge in [-0.1, -0.05) is 48.9 Å². The second-order valence-electron chi connectivity index (χ2n) is 9.91. The minimum atomic E-state index is -0.718. The average molecular weight is 547 g/mol. The van der Waals surface area contributed by atoms with Crippen molar-refractivity contribution in [2.24, 2.45) is 5.10 Å². The average Bonchev–Trinajstić information content (AvgIpc) is 2.97. The van der Waals surface area contributed by atoms with Crippen LogP contribution in [0.15, 0.2) is 65.8 Å². The number of allylic oxidation sites excluding steroid dienone is 2. The van der Waals surface area contributed by atoms with Gasteiger partial charge in [0.15, 0.2) is 0 Å². The first-order valence-corrected chi connectivity index (χ1v) is 13.6. The molecule has 1 fully saturated rings. The van der Waals surface area contributed by atoms with E-state index >= 15 is 0 Å². The van der Waals surface area contributed by atoms with Crippen LogP contribution in [0, 0.1) is 0 Å². The van der Waals surface area contributed by atoms with Gasteiger partial charge in [0.2, 0.25) is 5.91 Å². The number of ether oxygens (including phenoxy) is 1. The lowest BCUT2D eigenvalue weighted by molar-refractivity contribution is -0.159. The lowest BCUT2D eigenvalue weighted by Crippen LogP contribution is -2.49. The number of fused-ring (bicyclic) bond motifs is 1. The van der Waals surface area contributed by atoms with Gasteiger partial charge < -0.3 is 9.64 Å². The van der Waals surface area contributed by atoms with Gasteiger partial charge in [-0.25, -0.2) is 10.9 Å². The number of hydrazone groups is 1. The zero-order valence-electron chi connectivity index (χ0n) is 22.3.